The van der Waals surface area contributed by atoms with E-state index in [1.54, 1.807) is 6.08 Å². The summed E-state index contributed by atoms with van der Waals surface area (Å²) in [5, 5.41) is 0.342. The Balaban J connectivity index is 1.94. The predicted octanol–water partition coefficient (Wildman–Crippen LogP) is 4.66. The van der Waals surface area contributed by atoms with Crippen molar-refractivity contribution in [3.63, 3.8) is 0 Å². The molecule has 0 bridgehead atoms. The Bertz CT molecular complexity index is 797. The summed E-state index contributed by atoms with van der Waals surface area (Å²) in [6, 6.07) is 0. The van der Waals surface area contributed by atoms with Gasteiger partial charge >= 0.3 is 5.97 Å². The van der Waals surface area contributed by atoms with Gasteiger partial charge in [-0.05, 0) is 52.8 Å². The Morgan fingerprint density at radius 3 is 2.52 bits per heavy atom. The van der Waals surface area contributed by atoms with E-state index < -0.39 is 11.8 Å². The van der Waals surface area contributed by atoms with Crippen LogP contribution in [0.5, 0.6) is 11.5 Å². The van der Waals surface area contributed by atoms with Gasteiger partial charge in [0, 0.05) is 30.5 Å². The number of nitrogens with zero attached hydrogens (tertiary/aromatic N) is 1. The first kappa shape index (κ1) is 21.8. The molecule has 1 heterocycles. The average molecular weight is 424 g/mol. The highest BCUT2D eigenvalue weighted by atomic mass is 35.5. The van der Waals surface area contributed by atoms with Crippen LogP contribution in [0.1, 0.15) is 54.1 Å². The Labute approximate surface area is 177 Å². The average Bonchev–Trinajstić information content (AvgIpc) is 3.07. The third kappa shape index (κ3) is 4.33. The molecule has 1 aliphatic heterocycles. The van der Waals surface area contributed by atoms with E-state index in [1.807, 2.05) is 13.8 Å². The van der Waals surface area contributed by atoms with Crippen molar-refractivity contribution in [2.45, 2.75) is 45.3 Å². The predicted molar refractivity (Wildman–Crippen MR) is 113 cm³/mol. The zero-order valence-corrected chi connectivity index (χ0v) is 18.6. The van der Waals surface area contributed by atoms with Crippen molar-refractivity contribution in [3.8, 4) is 11.5 Å². The number of carbonyl (C=O) groups is 1. The van der Waals surface area contributed by atoms with Crippen molar-refractivity contribution in [1.82, 2.24) is 4.90 Å². The van der Waals surface area contributed by atoms with Gasteiger partial charge in [-0.1, -0.05) is 11.6 Å². The summed E-state index contributed by atoms with van der Waals surface area (Å²) in [4.78, 5) is 14.7. The Kier molecular flexibility index (Phi) is 6.64. The van der Waals surface area contributed by atoms with Crippen LogP contribution in [0, 0.1) is 12.8 Å². The molecule has 7 heteroatoms. The maximum Gasteiger partial charge on any atom is 0.338 e. The first-order chi connectivity index (χ1) is 13.8. The molecule has 0 atom stereocenters. The summed E-state index contributed by atoms with van der Waals surface area (Å²) >= 11 is 6.69. The lowest BCUT2D eigenvalue weighted by atomic mass is 9.85. The minimum Gasteiger partial charge on any atom is -0.501 e. The van der Waals surface area contributed by atoms with E-state index in [2.05, 4.69) is 19.0 Å². The first-order valence-electron chi connectivity index (χ1n) is 10.1. The number of hydrogen-bond donors (Lipinski definition) is 0. The van der Waals surface area contributed by atoms with Gasteiger partial charge in [0.1, 0.15) is 0 Å². The molecule has 1 fully saturated rings. The molecular weight excluding hydrogens is 394 g/mol. The third-order valence-corrected chi connectivity index (χ3v) is 5.96. The number of rotatable bonds is 6. The van der Waals surface area contributed by atoms with E-state index in [0.29, 0.717) is 45.7 Å². The zero-order valence-electron chi connectivity index (χ0n) is 17.8. The van der Waals surface area contributed by atoms with Gasteiger partial charge in [-0.2, -0.15) is 0 Å². The summed E-state index contributed by atoms with van der Waals surface area (Å²) in [5.74, 6) is 0.477. The number of benzene rings is 1. The van der Waals surface area contributed by atoms with Gasteiger partial charge in [-0.15, -0.1) is 0 Å². The smallest absolute Gasteiger partial charge is 0.338 e. The van der Waals surface area contributed by atoms with E-state index in [-0.39, 0.29) is 0 Å². The van der Waals surface area contributed by atoms with Gasteiger partial charge < -0.3 is 23.8 Å². The molecule has 2 aliphatic rings. The number of halogens is 1. The topological polar surface area (TPSA) is 57.2 Å². The van der Waals surface area contributed by atoms with Crippen LogP contribution in [0.15, 0.2) is 6.26 Å². The lowest BCUT2D eigenvalue weighted by molar-refractivity contribution is -0.114. The number of carbonyl (C=O) groups excluding carboxylic acids is 1. The van der Waals surface area contributed by atoms with Crippen LogP contribution in [-0.2, 0) is 9.47 Å². The maximum absolute atomic E-state index is 12.5. The molecule has 1 saturated carbocycles. The highest BCUT2D eigenvalue weighted by molar-refractivity contribution is 6.34. The van der Waals surface area contributed by atoms with Gasteiger partial charge in [-0.3, -0.25) is 0 Å². The summed E-state index contributed by atoms with van der Waals surface area (Å²) in [6.07, 6.45) is 6.81. The molecule has 0 radical (unpaired) electrons. The molecule has 0 aromatic heterocycles. The molecule has 1 aromatic rings. The van der Waals surface area contributed by atoms with Gasteiger partial charge in [0.25, 0.3) is 5.79 Å². The molecule has 29 heavy (non-hydrogen) atoms. The second-order valence-electron chi connectivity index (χ2n) is 7.96. The van der Waals surface area contributed by atoms with Gasteiger partial charge in [0.15, 0.2) is 11.5 Å². The van der Waals surface area contributed by atoms with Crippen molar-refractivity contribution in [1.29, 1.82) is 0 Å². The number of ether oxygens (including phenoxy) is 4. The second-order valence-corrected chi connectivity index (χ2v) is 8.33. The number of esters is 1. The van der Waals surface area contributed by atoms with Crippen LogP contribution < -0.4 is 9.47 Å². The normalized spacial score (nSPS) is 23.2. The van der Waals surface area contributed by atoms with E-state index in [1.165, 1.54) is 13.4 Å². The highest BCUT2D eigenvalue weighted by Gasteiger charge is 2.47. The minimum absolute atomic E-state index is 0.342. The van der Waals surface area contributed by atoms with Crippen LogP contribution >= 0.6 is 11.6 Å². The molecule has 6 nitrogen and oxygen atoms in total. The lowest BCUT2D eigenvalue weighted by Gasteiger charge is -2.36. The third-order valence-electron chi connectivity index (χ3n) is 5.58. The fourth-order valence-electron chi connectivity index (χ4n) is 4.18. The van der Waals surface area contributed by atoms with Crippen molar-refractivity contribution in [2.24, 2.45) is 5.92 Å². The highest BCUT2D eigenvalue weighted by Crippen LogP contribution is 2.53. The molecule has 3 rings (SSSR count). The maximum atomic E-state index is 12.5. The molecule has 0 N–H and O–H groups in total. The van der Waals surface area contributed by atoms with Crippen LogP contribution in [-0.4, -0.2) is 51.0 Å². The molecule has 0 unspecified atom stereocenters. The molecule has 0 saturated heterocycles. The minimum atomic E-state index is -0.713. The van der Waals surface area contributed by atoms with Crippen LogP contribution in [0.4, 0.5) is 0 Å². The van der Waals surface area contributed by atoms with Crippen LogP contribution in [0.3, 0.4) is 0 Å². The van der Waals surface area contributed by atoms with E-state index >= 15 is 0 Å². The summed E-state index contributed by atoms with van der Waals surface area (Å²) in [5.41, 5.74) is 1.55. The van der Waals surface area contributed by atoms with E-state index in [4.69, 9.17) is 30.5 Å². The number of methoxy groups -OCH3 is 1. The quantitative estimate of drug-likeness (QED) is 0.490. The fraction of sp³-hybridized carbons (Fsp3) is 0.591. The molecule has 1 aliphatic carbocycles. The Morgan fingerprint density at radius 2 is 1.93 bits per heavy atom. The zero-order chi connectivity index (χ0) is 21.2. The fourth-order valence-corrected chi connectivity index (χ4v) is 4.46. The number of fused-ring (bicyclic) bond motifs is 1. The SMILES string of the molecule is CCO/C=C/c1c(Cl)c2c(c(C)c1C(=O)OC)OC1(CCC(CN(C)C)CC1)O2. The van der Waals surface area contributed by atoms with E-state index in [9.17, 15) is 4.79 Å². The molecule has 1 aromatic carbocycles. The Hall–Kier alpha value is -1.92. The first-order valence-corrected chi connectivity index (χ1v) is 10.4. The summed E-state index contributed by atoms with van der Waals surface area (Å²) < 4.78 is 23.0. The number of hydrogen-bond acceptors (Lipinski definition) is 6. The second kappa shape index (κ2) is 8.84. The van der Waals surface area contributed by atoms with Crippen molar-refractivity contribution < 1.29 is 23.7 Å². The molecular formula is C22H30ClNO5. The molecule has 160 valence electrons. The van der Waals surface area contributed by atoms with Crippen molar-refractivity contribution >= 4 is 23.6 Å². The standard InChI is InChI=1S/C22H30ClNO5/c1-6-27-12-9-16-17(21(25)26-5)14(2)19-20(18(16)23)29-22(28-19)10-7-15(8-11-22)13-24(3)4/h9,12,15H,6-8,10-11,13H2,1-5H3/b12-9+. The lowest BCUT2D eigenvalue weighted by Crippen LogP contribution is -2.43. The van der Waals surface area contributed by atoms with Gasteiger partial charge in [0.05, 0.1) is 30.6 Å². The molecule has 1 spiro atoms. The Morgan fingerprint density at radius 1 is 1.28 bits per heavy atom. The monoisotopic (exact) mass is 423 g/mol. The van der Waals surface area contributed by atoms with Crippen LogP contribution in [0.2, 0.25) is 5.02 Å². The van der Waals surface area contributed by atoms with Gasteiger partial charge in [0.2, 0.25) is 0 Å². The summed E-state index contributed by atoms with van der Waals surface area (Å²) in [7, 11) is 5.54. The van der Waals surface area contributed by atoms with E-state index in [0.717, 1.165) is 32.2 Å². The molecule has 0 amide bonds. The largest absolute Gasteiger partial charge is 0.501 e. The van der Waals surface area contributed by atoms with Crippen molar-refractivity contribution in [3.05, 3.63) is 28.0 Å². The van der Waals surface area contributed by atoms with Gasteiger partial charge in [-0.25, -0.2) is 4.79 Å². The van der Waals surface area contributed by atoms with Crippen molar-refractivity contribution in [2.75, 3.05) is 34.4 Å². The summed E-state index contributed by atoms with van der Waals surface area (Å²) in [6.45, 7) is 5.29. The van der Waals surface area contributed by atoms with Crippen LogP contribution in [0.25, 0.3) is 6.08 Å².